The molecule has 0 spiro atoms. The SMILES string of the molecule is CCN(c1ccc(C(=O)N2c3ccccc3C[C@H]2C)cc1)S(=O)(=O)c1ccc(SC)cc1. The van der Waals surface area contributed by atoms with Gasteiger partial charge in [-0.3, -0.25) is 9.10 Å². The van der Waals surface area contributed by atoms with Crippen molar-refractivity contribution in [1.82, 2.24) is 0 Å². The molecule has 0 radical (unpaired) electrons. The van der Waals surface area contributed by atoms with E-state index in [1.54, 1.807) is 55.1 Å². The van der Waals surface area contributed by atoms with Gasteiger partial charge in [0.25, 0.3) is 15.9 Å². The number of nitrogens with zero attached hydrogens (tertiary/aromatic N) is 2. The van der Waals surface area contributed by atoms with Gasteiger partial charge in [0.15, 0.2) is 0 Å². The molecule has 0 N–H and O–H groups in total. The molecule has 0 aromatic heterocycles. The summed E-state index contributed by atoms with van der Waals surface area (Å²) >= 11 is 1.56. The molecule has 1 aliphatic heterocycles. The lowest BCUT2D eigenvalue weighted by Gasteiger charge is -2.25. The minimum absolute atomic E-state index is 0.0763. The number of carbonyl (C=O) groups excluding carboxylic acids is 1. The largest absolute Gasteiger partial charge is 0.305 e. The van der Waals surface area contributed by atoms with Crippen LogP contribution in [0.1, 0.15) is 29.8 Å². The molecule has 0 saturated carbocycles. The topological polar surface area (TPSA) is 57.7 Å². The van der Waals surface area contributed by atoms with E-state index in [2.05, 4.69) is 6.07 Å². The molecule has 7 heteroatoms. The van der Waals surface area contributed by atoms with Gasteiger partial charge in [0.05, 0.1) is 10.6 Å². The monoisotopic (exact) mass is 466 g/mol. The highest BCUT2D eigenvalue weighted by atomic mass is 32.2. The molecule has 0 unspecified atom stereocenters. The van der Waals surface area contributed by atoms with E-state index in [1.165, 1.54) is 9.87 Å². The third kappa shape index (κ3) is 4.02. The van der Waals surface area contributed by atoms with E-state index < -0.39 is 10.0 Å². The first kappa shape index (κ1) is 22.4. The van der Waals surface area contributed by atoms with Crippen LogP contribution in [0, 0.1) is 0 Å². The molecule has 1 amide bonds. The lowest BCUT2D eigenvalue weighted by molar-refractivity contribution is 0.0981. The Morgan fingerprint density at radius 1 is 1.03 bits per heavy atom. The molecule has 1 atom stereocenters. The molecule has 1 heterocycles. The summed E-state index contributed by atoms with van der Waals surface area (Å²) in [4.78, 5) is 16.3. The fraction of sp³-hybridized carbons (Fsp3) is 0.240. The third-order valence-electron chi connectivity index (χ3n) is 5.76. The zero-order valence-electron chi connectivity index (χ0n) is 18.4. The van der Waals surface area contributed by atoms with Crippen molar-refractivity contribution in [2.75, 3.05) is 22.0 Å². The number of thioether (sulfide) groups is 1. The van der Waals surface area contributed by atoms with Gasteiger partial charge >= 0.3 is 0 Å². The summed E-state index contributed by atoms with van der Waals surface area (Å²) in [5.41, 5.74) is 3.18. The van der Waals surface area contributed by atoms with Crippen LogP contribution in [0.5, 0.6) is 0 Å². The minimum Gasteiger partial charge on any atom is -0.305 e. The van der Waals surface area contributed by atoms with Crippen LogP contribution in [0.2, 0.25) is 0 Å². The molecule has 0 saturated heterocycles. The molecule has 3 aromatic carbocycles. The fourth-order valence-electron chi connectivity index (χ4n) is 4.15. The van der Waals surface area contributed by atoms with E-state index in [9.17, 15) is 13.2 Å². The number of hydrogen-bond donors (Lipinski definition) is 0. The van der Waals surface area contributed by atoms with E-state index in [0.29, 0.717) is 11.3 Å². The molecule has 4 rings (SSSR count). The van der Waals surface area contributed by atoms with Gasteiger partial charge in [-0.15, -0.1) is 11.8 Å². The standard InChI is InChI=1S/C25H26N2O3S2/c1-4-26(32(29,30)23-15-13-22(31-3)14-16-23)21-11-9-19(10-12-21)25(28)27-18(2)17-20-7-5-6-8-24(20)27/h5-16,18H,4,17H2,1-3H3/t18-/m1/s1. The van der Waals surface area contributed by atoms with Gasteiger partial charge in [0, 0.05) is 28.7 Å². The Labute approximate surface area is 194 Å². The van der Waals surface area contributed by atoms with Crippen LogP contribution in [-0.2, 0) is 16.4 Å². The maximum atomic E-state index is 13.2. The van der Waals surface area contributed by atoms with E-state index in [0.717, 1.165) is 17.0 Å². The van der Waals surface area contributed by atoms with E-state index in [4.69, 9.17) is 0 Å². The Hall–Kier alpha value is -2.77. The average Bonchev–Trinajstić information content (AvgIpc) is 3.15. The predicted octanol–water partition coefficient (Wildman–Crippen LogP) is 5.22. The summed E-state index contributed by atoms with van der Waals surface area (Å²) in [5, 5.41) is 0. The summed E-state index contributed by atoms with van der Waals surface area (Å²) in [7, 11) is -3.70. The van der Waals surface area contributed by atoms with Gasteiger partial charge < -0.3 is 4.90 Å². The van der Waals surface area contributed by atoms with E-state index >= 15 is 0 Å². The second kappa shape index (κ2) is 9.00. The predicted molar refractivity (Wildman–Crippen MR) is 131 cm³/mol. The van der Waals surface area contributed by atoms with Crippen LogP contribution in [0.15, 0.2) is 82.6 Å². The van der Waals surface area contributed by atoms with Crippen LogP contribution >= 0.6 is 11.8 Å². The van der Waals surface area contributed by atoms with Crippen LogP contribution < -0.4 is 9.21 Å². The Balaban J connectivity index is 1.60. The molecule has 5 nitrogen and oxygen atoms in total. The van der Waals surface area contributed by atoms with Crippen molar-refractivity contribution in [3.63, 3.8) is 0 Å². The highest BCUT2D eigenvalue weighted by molar-refractivity contribution is 7.98. The lowest BCUT2D eigenvalue weighted by atomic mass is 10.1. The van der Waals surface area contributed by atoms with Crippen molar-refractivity contribution >= 4 is 39.1 Å². The second-order valence-electron chi connectivity index (χ2n) is 7.75. The van der Waals surface area contributed by atoms with Crippen molar-refractivity contribution < 1.29 is 13.2 Å². The fourth-order valence-corrected chi connectivity index (χ4v) is 6.03. The van der Waals surface area contributed by atoms with Crippen molar-refractivity contribution in [3.05, 3.63) is 83.9 Å². The summed E-state index contributed by atoms with van der Waals surface area (Å²) in [6, 6.07) is 21.7. The zero-order chi connectivity index (χ0) is 22.9. The van der Waals surface area contributed by atoms with Gasteiger partial charge in [-0.05, 0) is 86.7 Å². The number of para-hydroxylation sites is 1. The Kier molecular flexibility index (Phi) is 6.31. The van der Waals surface area contributed by atoms with Crippen molar-refractivity contribution in [2.24, 2.45) is 0 Å². The van der Waals surface area contributed by atoms with E-state index in [1.807, 2.05) is 48.4 Å². The van der Waals surface area contributed by atoms with E-state index in [-0.39, 0.29) is 23.4 Å². The smallest absolute Gasteiger partial charge is 0.264 e. The van der Waals surface area contributed by atoms with Crippen molar-refractivity contribution in [2.45, 2.75) is 36.1 Å². The average molecular weight is 467 g/mol. The number of carbonyl (C=O) groups is 1. The van der Waals surface area contributed by atoms with Gasteiger partial charge in [-0.2, -0.15) is 0 Å². The van der Waals surface area contributed by atoms with Crippen molar-refractivity contribution in [3.8, 4) is 0 Å². The molecular formula is C25H26N2O3S2. The summed E-state index contributed by atoms with van der Waals surface area (Å²) in [6.45, 7) is 4.13. The Bertz CT molecular complexity index is 1220. The highest BCUT2D eigenvalue weighted by Crippen LogP contribution is 2.33. The maximum absolute atomic E-state index is 13.2. The number of fused-ring (bicyclic) bond motifs is 1. The number of amides is 1. The van der Waals surface area contributed by atoms with Crippen LogP contribution in [-0.4, -0.2) is 33.2 Å². The third-order valence-corrected chi connectivity index (χ3v) is 8.42. The Morgan fingerprint density at radius 3 is 2.31 bits per heavy atom. The van der Waals surface area contributed by atoms with Crippen molar-refractivity contribution in [1.29, 1.82) is 0 Å². The number of rotatable bonds is 6. The molecule has 0 aliphatic carbocycles. The lowest BCUT2D eigenvalue weighted by Crippen LogP contribution is -2.35. The number of benzene rings is 3. The Morgan fingerprint density at radius 2 is 1.69 bits per heavy atom. The first-order valence-corrected chi connectivity index (χ1v) is 13.2. The van der Waals surface area contributed by atoms with Gasteiger partial charge in [-0.1, -0.05) is 18.2 Å². The number of hydrogen-bond acceptors (Lipinski definition) is 4. The summed E-state index contributed by atoms with van der Waals surface area (Å²) < 4.78 is 27.8. The van der Waals surface area contributed by atoms with Gasteiger partial charge in [0.2, 0.25) is 0 Å². The summed E-state index contributed by atoms with van der Waals surface area (Å²) in [6.07, 6.45) is 2.78. The van der Waals surface area contributed by atoms with Crippen LogP contribution in [0.25, 0.3) is 0 Å². The quantitative estimate of drug-likeness (QED) is 0.468. The molecule has 3 aromatic rings. The molecule has 0 fully saturated rings. The minimum atomic E-state index is -3.70. The molecule has 166 valence electrons. The molecule has 1 aliphatic rings. The number of sulfonamides is 1. The first-order chi connectivity index (χ1) is 15.4. The normalized spacial score (nSPS) is 15.5. The van der Waals surface area contributed by atoms with Gasteiger partial charge in [0.1, 0.15) is 0 Å². The van der Waals surface area contributed by atoms with Gasteiger partial charge in [-0.25, -0.2) is 8.42 Å². The number of anilines is 2. The summed E-state index contributed by atoms with van der Waals surface area (Å²) in [5.74, 6) is -0.0763. The first-order valence-electron chi connectivity index (χ1n) is 10.5. The molecule has 32 heavy (non-hydrogen) atoms. The van der Waals surface area contributed by atoms with Crippen LogP contribution in [0.4, 0.5) is 11.4 Å². The highest BCUT2D eigenvalue weighted by Gasteiger charge is 2.31. The maximum Gasteiger partial charge on any atom is 0.264 e. The molecular weight excluding hydrogens is 440 g/mol. The molecule has 0 bridgehead atoms. The van der Waals surface area contributed by atoms with Crippen LogP contribution in [0.3, 0.4) is 0 Å². The zero-order valence-corrected chi connectivity index (χ0v) is 20.0. The second-order valence-corrected chi connectivity index (χ2v) is 10.5.